The average Bonchev–Trinajstić information content (AvgIpc) is 2.85. The summed E-state index contributed by atoms with van der Waals surface area (Å²) in [5, 5.41) is 30.6. The summed E-state index contributed by atoms with van der Waals surface area (Å²) in [5.41, 5.74) is -1.72. The van der Waals surface area contributed by atoms with Crippen LogP contribution in [-0.2, 0) is 4.79 Å². The molecule has 0 aromatic heterocycles. The first-order valence-corrected chi connectivity index (χ1v) is 7.09. The Morgan fingerprint density at radius 1 is 1.16 bits per heavy atom. The molecule has 0 heterocycles. The predicted octanol–water partition coefficient (Wildman–Crippen LogP) is 0.425. The van der Waals surface area contributed by atoms with Crippen molar-refractivity contribution in [2.45, 2.75) is 51.5 Å². The highest BCUT2D eigenvalue weighted by Crippen LogP contribution is 2.43. The average molecular weight is 273 g/mol. The van der Waals surface area contributed by atoms with Crippen molar-refractivity contribution < 1.29 is 20.1 Å². The largest absolute Gasteiger partial charge is 0.394 e. The lowest BCUT2D eigenvalue weighted by atomic mass is 9.77. The van der Waals surface area contributed by atoms with Crippen molar-refractivity contribution in [3.05, 3.63) is 0 Å². The van der Waals surface area contributed by atoms with Crippen molar-refractivity contribution in [3.8, 4) is 0 Å². The van der Waals surface area contributed by atoms with Gasteiger partial charge in [0.05, 0.1) is 19.8 Å². The smallest absolute Gasteiger partial charge is 0.226 e. The molecule has 0 aliphatic heterocycles. The minimum Gasteiger partial charge on any atom is -0.394 e. The van der Waals surface area contributed by atoms with Crippen LogP contribution in [0.15, 0.2) is 0 Å². The fourth-order valence-electron chi connectivity index (χ4n) is 3.00. The van der Waals surface area contributed by atoms with Crippen molar-refractivity contribution in [2.24, 2.45) is 11.3 Å². The fourth-order valence-corrected chi connectivity index (χ4v) is 3.00. The van der Waals surface area contributed by atoms with Crippen molar-refractivity contribution in [2.75, 3.05) is 19.8 Å². The quantitative estimate of drug-likeness (QED) is 0.541. The van der Waals surface area contributed by atoms with Gasteiger partial charge >= 0.3 is 0 Å². The monoisotopic (exact) mass is 273 g/mol. The molecule has 0 radical (unpaired) electrons. The molecule has 5 heteroatoms. The molecular formula is C14H27NO4. The van der Waals surface area contributed by atoms with Gasteiger partial charge < -0.3 is 20.6 Å². The number of aliphatic hydroxyl groups excluding tert-OH is 3. The van der Waals surface area contributed by atoms with Gasteiger partial charge in [0, 0.05) is 5.41 Å². The summed E-state index contributed by atoms with van der Waals surface area (Å²) >= 11 is 0. The van der Waals surface area contributed by atoms with Crippen LogP contribution < -0.4 is 5.32 Å². The number of nitrogens with one attached hydrogen (secondary N) is 1. The van der Waals surface area contributed by atoms with Gasteiger partial charge in [0.25, 0.3) is 0 Å². The molecule has 1 aliphatic rings. The lowest BCUT2D eigenvalue weighted by molar-refractivity contribution is -0.136. The molecule has 1 saturated carbocycles. The van der Waals surface area contributed by atoms with Gasteiger partial charge in [-0.1, -0.05) is 26.7 Å². The Labute approximate surface area is 115 Å². The van der Waals surface area contributed by atoms with E-state index in [-0.39, 0.29) is 5.91 Å². The van der Waals surface area contributed by atoms with E-state index < -0.39 is 30.8 Å². The highest BCUT2D eigenvalue weighted by molar-refractivity contribution is 5.83. The topological polar surface area (TPSA) is 89.8 Å². The minimum absolute atomic E-state index is 0.143. The van der Waals surface area contributed by atoms with Gasteiger partial charge in [0.15, 0.2) is 0 Å². The molecule has 1 aliphatic carbocycles. The second kappa shape index (κ2) is 6.68. The van der Waals surface area contributed by atoms with E-state index in [0.29, 0.717) is 5.92 Å². The Hall–Kier alpha value is -0.650. The molecule has 0 bridgehead atoms. The standard InChI is InChI=1S/C14H27NO4/c1-11(2)7-13(5-3-4-6-13)12(19)15-14(8-16,9-17)10-18/h11,16-18H,3-10H2,1-2H3,(H,15,19). The molecule has 0 spiro atoms. The normalized spacial score (nSPS) is 18.8. The van der Waals surface area contributed by atoms with Crippen molar-refractivity contribution in [1.29, 1.82) is 0 Å². The zero-order valence-electron chi connectivity index (χ0n) is 12.0. The summed E-state index contributed by atoms with van der Waals surface area (Å²) in [6, 6.07) is 0. The second-order valence-electron chi connectivity index (χ2n) is 6.29. The molecule has 4 N–H and O–H groups in total. The third-order valence-corrected chi connectivity index (χ3v) is 4.13. The van der Waals surface area contributed by atoms with Crippen LogP contribution in [0.25, 0.3) is 0 Å². The van der Waals surface area contributed by atoms with E-state index >= 15 is 0 Å². The van der Waals surface area contributed by atoms with Crippen LogP contribution in [0.5, 0.6) is 0 Å². The van der Waals surface area contributed by atoms with E-state index in [1.54, 1.807) is 0 Å². The van der Waals surface area contributed by atoms with E-state index in [0.717, 1.165) is 32.1 Å². The van der Waals surface area contributed by atoms with Crippen LogP contribution in [0.2, 0.25) is 0 Å². The Balaban J connectivity index is 2.83. The molecule has 0 unspecified atom stereocenters. The molecule has 1 rings (SSSR count). The summed E-state index contributed by atoms with van der Waals surface area (Å²) in [5.74, 6) is 0.270. The van der Waals surface area contributed by atoms with Gasteiger partial charge in [-0.25, -0.2) is 0 Å². The molecule has 1 amide bonds. The summed E-state index contributed by atoms with van der Waals surface area (Å²) in [6.45, 7) is 2.77. The van der Waals surface area contributed by atoms with Gasteiger partial charge in [0.2, 0.25) is 5.91 Å². The number of hydrogen-bond acceptors (Lipinski definition) is 4. The number of carbonyl (C=O) groups is 1. The lowest BCUT2D eigenvalue weighted by Gasteiger charge is -2.36. The first-order valence-electron chi connectivity index (χ1n) is 7.09. The van der Waals surface area contributed by atoms with Gasteiger partial charge in [0.1, 0.15) is 5.54 Å². The summed E-state index contributed by atoms with van der Waals surface area (Å²) in [7, 11) is 0. The van der Waals surface area contributed by atoms with Crippen LogP contribution in [0, 0.1) is 11.3 Å². The van der Waals surface area contributed by atoms with Crippen molar-refractivity contribution in [1.82, 2.24) is 5.32 Å². The maximum Gasteiger partial charge on any atom is 0.226 e. The summed E-state index contributed by atoms with van der Waals surface area (Å²) in [4.78, 5) is 12.6. The number of rotatable bonds is 7. The molecule has 0 saturated heterocycles. The number of carbonyl (C=O) groups excluding carboxylic acids is 1. The number of aliphatic hydroxyl groups is 3. The van der Waals surface area contributed by atoms with Crippen molar-refractivity contribution >= 4 is 5.91 Å². The van der Waals surface area contributed by atoms with Crippen LogP contribution in [0.3, 0.4) is 0 Å². The maximum atomic E-state index is 12.6. The summed E-state index contributed by atoms with van der Waals surface area (Å²) in [6.07, 6.45) is 4.55. The van der Waals surface area contributed by atoms with Crippen LogP contribution in [0.1, 0.15) is 46.0 Å². The molecule has 0 aromatic carbocycles. The first kappa shape index (κ1) is 16.4. The Morgan fingerprint density at radius 2 is 1.63 bits per heavy atom. The number of hydrogen-bond donors (Lipinski definition) is 4. The molecule has 0 atom stereocenters. The zero-order chi connectivity index (χ0) is 14.5. The Morgan fingerprint density at radius 3 is 2.00 bits per heavy atom. The Kier molecular flexibility index (Phi) is 5.77. The van der Waals surface area contributed by atoms with Gasteiger partial charge in [-0.15, -0.1) is 0 Å². The molecule has 112 valence electrons. The van der Waals surface area contributed by atoms with Crippen LogP contribution in [-0.4, -0.2) is 46.6 Å². The third kappa shape index (κ3) is 3.68. The minimum atomic E-state index is -1.32. The number of amides is 1. The van der Waals surface area contributed by atoms with E-state index in [2.05, 4.69) is 19.2 Å². The fraction of sp³-hybridized carbons (Fsp3) is 0.929. The SMILES string of the molecule is CC(C)CC1(C(=O)NC(CO)(CO)CO)CCCC1. The van der Waals surface area contributed by atoms with E-state index in [9.17, 15) is 20.1 Å². The predicted molar refractivity (Wildman–Crippen MR) is 72.5 cm³/mol. The van der Waals surface area contributed by atoms with Crippen LogP contribution in [0.4, 0.5) is 0 Å². The maximum absolute atomic E-state index is 12.6. The lowest BCUT2D eigenvalue weighted by Crippen LogP contribution is -2.60. The molecule has 1 fully saturated rings. The zero-order valence-corrected chi connectivity index (χ0v) is 12.0. The first-order chi connectivity index (χ1) is 8.93. The summed E-state index contributed by atoms with van der Waals surface area (Å²) < 4.78 is 0. The van der Waals surface area contributed by atoms with E-state index in [4.69, 9.17) is 0 Å². The van der Waals surface area contributed by atoms with Gasteiger partial charge in [-0.05, 0) is 25.2 Å². The van der Waals surface area contributed by atoms with E-state index in [1.807, 2.05) is 0 Å². The highest BCUT2D eigenvalue weighted by atomic mass is 16.3. The third-order valence-electron chi connectivity index (χ3n) is 4.13. The molecular weight excluding hydrogens is 246 g/mol. The molecule has 19 heavy (non-hydrogen) atoms. The van der Waals surface area contributed by atoms with Crippen molar-refractivity contribution in [3.63, 3.8) is 0 Å². The Bertz CT molecular complexity index is 286. The van der Waals surface area contributed by atoms with Gasteiger partial charge in [-0.3, -0.25) is 4.79 Å². The van der Waals surface area contributed by atoms with E-state index in [1.165, 1.54) is 0 Å². The second-order valence-corrected chi connectivity index (χ2v) is 6.29. The highest BCUT2D eigenvalue weighted by Gasteiger charge is 2.44. The van der Waals surface area contributed by atoms with Crippen LogP contribution >= 0.6 is 0 Å². The molecule has 5 nitrogen and oxygen atoms in total. The van der Waals surface area contributed by atoms with Gasteiger partial charge in [-0.2, -0.15) is 0 Å². The molecule has 0 aromatic rings.